The van der Waals surface area contributed by atoms with Crippen molar-refractivity contribution in [3.8, 4) is 17.2 Å². The van der Waals surface area contributed by atoms with E-state index in [0.717, 1.165) is 16.5 Å². The smallest absolute Gasteiger partial charge is 0.310 e. The molecule has 4 rings (SSSR count). The van der Waals surface area contributed by atoms with Crippen LogP contribution in [-0.2, 0) is 22.6 Å². The average molecular weight is 389 g/mol. The molecule has 7 heteroatoms. The molecule has 0 unspecified atom stereocenters. The first kappa shape index (κ1) is 17.5. The molecule has 0 saturated carbocycles. The lowest BCUT2D eigenvalue weighted by Gasteiger charge is -2.20. The summed E-state index contributed by atoms with van der Waals surface area (Å²) in [7, 11) is 1.59. The second kappa shape index (κ2) is 7.40. The fourth-order valence-electron chi connectivity index (χ4n) is 2.95. The van der Waals surface area contributed by atoms with Crippen LogP contribution >= 0.6 is 11.6 Å². The molecular weight excluding hydrogens is 372 g/mol. The summed E-state index contributed by atoms with van der Waals surface area (Å²) >= 11 is 6.20. The van der Waals surface area contributed by atoms with Gasteiger partial charge in [0.25, 0.3) is 0 Å². The van der Waals surface area contributed by atoms with Crippen LogP contribution in [-0.4, -0.2) is 26.3 Å². The standard InChI is InChI=1S/C20H17ClO6/c1-23-14-2-3-15-13(11-26-17(15)9-14)8-19(22)27-10-12-6-16(21)20-18(7-12)24-4-5-25-20/h2-3,6-7,9,11H,4-5,8,10H2,1H3. The zero-order valence-corrected chi connectivity index (χ0v) is 15.4. The molecule has 2 aromatic carbocycles. The minimum atomic E-state index is -0.362. The van der Waals surface area contributed by atoms with Gasteiger partial charge in [0.1, 0.15) is 31.2 Å². The molecule has 140 valence electrons. The lowest BCUT2D eigenvalue weighted by Crippen LogP contribution is -2.16. The highest BCUT2D eigenvalue weighted by Gasteiger charge is 2.18. The maximum absolute atomic E-state index is 12.2. The van der Waals surface area contributed by atoms with Gasteiger partial charge >= 0.3 is 5.97 Å². The molecule has 0 saturated heterocycles. The van der Waals surface area contributed by atoms with Gasteiger partial charge in [-0.3, -0.25) is 4.79 Å². The van der Waals surface area contributed by atoms with Crippen LogP contribution in [0.5, 0.6) is 17.2 Å². The van der Waals surface area contributed by atoms with Gasteiger partial charge in [0.05, 0.1) is 24.8 Å². The van der Waals surface area contributed by atoms with Crippen molar-refractivity contribution in [2.45, 2.75) is 13.0 Å². The zero-order valence-electron chi connectivity index (χ0n) is 14.6. The fraction of sp³-hybridized carbons (Fsp3) is 0.250. The maximum Gasteiger partial charge on any atom is 0.310 e. The lowest BCUT2D eigenvalue weighted by atomic mass is 10.1. The number of benzene rings is 2. The van der Waals surface area contributed by atoms with Crippen molar-refractivity contribution < 1.29 is 28.2 Å². The van der Waals surface area contributed by atoms with Gasteiger partial charge in [-0.05, 0) is 29.8 Å². The largest absolute Gasteiger partial charge is 0.497 e. The fourth-order valence-corrected chi connectivity index (χ4v) is 3.23. The van der Waals surface area contributed by atoms with Crippen molar-refractivity contribution in [2.24, 2.45) is 0 Å². The number of halogens is 1. The molecule has 0 spiro atoms. The van der Waals surface area contributed by atoms with Crippen LogP contribution in [0.25, 0.3) is 11.0 Å². The Balaban J connectivity index is 1.42. The van der Waals surface area contributed by atoms with Gasteiger partial charge in [-0.1, -0.05) is 11.6 Å². The summed E-state index contributed by atoms with van der Waals surface area (Å²) in [4.78, 5) is 12.2. The Morgan fingerprint density at radius 3 is 2.89 bits per heavy atom. The third-order valence-corrected chi connectivity index (χ3v) is 4.53. The predicted octanol–water partition coefficient (Wildman–Crippen LogP) is 4.15. The van der Waals surface area contributed by atoms with Gasteiger partial charge in [0.2, 0.25) is 0 Å². The van der Waals surface area contributed by atoms with E-state index in [4.69, 9.17) is 35.0 Å². The summed E-state index contributed by atoms with van der Waals surface area (Å²) in [6.45, 7) is 1.02. The summed E-state index contributed by atoms with van der Waals surface area (Å²) in [6, 6.07) is 8.95. The topological polar surface area (TPSA) is 67.1 Å². The molecule has 0 radical (unpaired) electrons. The molecule has 3 aromatic rings. The highest BCUT2D eigenvalue weighted by atomic mass is 35.5. The van der Waals surface area contributed by atoms with E-state index in [1.165, 1.54) is 0 Å². The highest BCUT2D eigenvalue weighted by molar-refractivity contribution is 6.32. The Hall–Kier alpha value is -2.86. The normalized spacial score (nSPS) is 12.8. The van der Waals surface area contributed by atoms with Gasteiger partial charge < -0.3 is 23.4 Å². The van der Waals surface area contributed by atoms with Crippen LogP contribution in [0.4, 0.5) is 0 Å². The number of fused-ring (bicyclic) bond motifs is 2. The Bertz CT molecular complexity index is 994. The summed E-state index contributed by atoms with van der Waals surface area (Å²) in [6.07, 6.45) is 1.67. The first-order valence-electron chi connectivity index (χ1n) is 8.42. The number of ether oxygens (including phenoxy) is 4. The van der Waals surface area contributed by atoms with Crippen molar-refractivity contribution in [3.63, 3.8) is 0 Å². The Morgan fingerprint density at radius 1 is 1.19 bits per heavy atom. The zero-order chi connectivity index (χ0) is 18.8. The van der Waals surface area contributed by atoms with Crippen molar-refractivity contribution in [2.75, 3.05) is 20.3 Å². The van der Waals surface area contributed by atoms with Crippen molar-refractivity contribution in [1.82, 2.24) is 0 Å². The van der Waals surface area contributed by atoms with E-state index in [1.807, 2.05) is 12.1 Å². The van der Waals surface area contributed by atoms with Crippen LogP contribution in [0.3, 0.4) is 0 Å². The van der Waals surface area contributed by atoms with Crippen molar-refractivity contribution in [3.05, 3.63) is 52.7 Å². The van der Waals surface area contributed by atoms with Crippen molar-refractivity contribution >= 4 is 28.5 Å². The molecule has 0 amide bonds. The Kier molecular flexibility index (Phi) is 4.81. The van der Waals surface area contributed by atoms with Crippen LogP contribution in [0.1, 0.15) is 11.1 Å². The minimum absolute atomic E-state index is 0.0960. The first-order chi connectivity index (χ1) is 13.1. The van der Waals surface area contributed by atoms with Gasteiger partial charge in [-0.15, -0.1) is 0 Å². The maximum atomic E-state index is 12.2. The highest BCUT2D eigenvalue weighted by Crippen LogP contribution is 2.38. The number of esters is 1. The van der Waals surface area contributed by atoms with Gasteiger partial charge in [-0.25, -0.2) is 0 Å². The van der Waals surface area contributed by atoms with E-state index in [2.05, 4.69) is 0 Å². The molecule has 1 aromatic heterocycles. The summed E-state index contributed by atoms with van der Waals surface area (Å²) in [5.74, 6) is 1.42. The molecule has 0 atom stereocenters. The van der Waals surface area contributed by atoms with E-state index in [-0.39, 0.29) is 19.0 Å². The third kappa shape index (κ3) is 3.66. The van der Waals surface area contributed by atoms with E-state index < -0.39 is 0 Å². The number of rotatable bonds is 5. The molecule has 0 fully saturated rings. The molecule has 1 aliphatic heterocycles. The molecule has 27 heavy (non-hydrogen) atoms. The molecule has 1 aliphatic rings. The van der Waals surface area contributed by atoms with E-state index in [1.54, 1.807) is 31.6 Å². The van der Waals surface area contributed by atoms with E-state index >= 15 is 0 Å². The lowest BCUT2D eigenvalue weighted by molar-refractivity contribution is -0.144. The second-order valence-corrected chi connectivity index (χ2v) is 6.47. The molecule has 0 N–H and O–H groups in total. The number of hydrogen-bond acceptors (Lipinski definition) is 6. The van der Waals surface area contributed by atoms with Gasteiger partial charge in [-0.2, -0.15) is 0 Å². The summed E-state index contributed by atoms with van der Waals surface area (Å²) in [5.41, 5.74) is 2.16. The van der Waals surface area contributed by atoms with Gasteiger partial charge in [0.15, 0.2) is 11.5 Å². The van der Waals surface area contributed by atoms with Crippen LogP contribution < -0.4 is 14.2 Å². The minimum Gasteiger partial charge on any atom is -0.497 e. The number of furan rings is 1. The van der Waals surface area contributed by atoms with Crippen LogP contribution in [0, 0.1) is 0 Å². The van der Waals surface area contributed by atoms with Crippen LogP contribution in [0.15, 0.2) is 41.0 Å². The van der Waals surface area contributed by atoms with Crippen LogP contribution in [0.2, 0.25) is 5.02 Å². The van der Waals surface area contributed by atoms with E-state index in [0.29, 0.717) is 41.1 Å². The SMILES string of the molecule is COc1ccc2c(CC(=O)OCc3cc(Cl)c4c(c3)OCCO4)coc2c1. The number of carbonyl (C=O) groups is 1. The molecule has 0 aliphatic carbocycles. The van der Waals surface area contributed by atoms with Crippen molar-refractivity contribution in [1.29, 1.82) is 0 Å². The Labute approximate surface area is 160 Å². The predicted molar refractivity (Wildman–Crippen MR) is 98.7 cm³/mol. The number of hydrogen-bond donors (Lipinski definition) is 0. The molecule has 2 heterocycles. The third-order valence-electron chi connectivity index (χ3n) is 4.25. The Morgan fingerprint density at radius 2 is 2.04 bits per heavy atom. The quantitative estimate of drug-likeness (QED) is 0.611. The first-order valence-corrected chi connectivity index (χ1v) is 8.79. The molecule has 0 bridgehead atoms. The second-order valence-electron chi connectivity index (χ2n) is 6.06. The molecule has 6 nitrogen and oxygen atoms in total. The number of carbonyl (C=O) groups excluding carboxylic acids is 1. The van der Waals surface area contributed by atoms with Gasteiger partial charge in [0, 0.05) is 17.0 Å². The average Bonchev–Trinajstić information content (AvgIpc) is 3.08. The monoisotopic (exact) mass is 388 g/mol. The summed E-state index contributed by atoms with van der Waals surface area (Å²) in [5, 5.41) is 1.29. The molecular formula is C20H17ClO6. The summed E-state index contributed by atoms with van der Waals surface area (Å²) < 4.78 is 27.1. The number of methoxy groups -OCH3 is 1. The van der Waals surface area contributed by atoms with E-state index in [9.17, 15) is 4.79 Å².